The highest BCUT2D eigenvalue weighted by Gasteiger charge is 2.35. The number of rotatable bonds is 9. The van der Waals surface area contributed by atoms with Gasteiger partial charge in [0.2, 0.25) is 5.95 Å². The number of ketones is 1. The van der Waals surface area contributed by atoms with Gasteiger partial charge >= 0.3 is 0 Å². The highest BCUT2D eigenvalue weighted by atomic mass is 16.5. The Hall–Kier alpha value is -4.50. The summed E-state index contributed by atoms with van der Waals surface area (Å²) in [6.45, 7) is 14.2. The fourth-order valence-electron chi connectivity index (χ4n) is 4.58. The first-order chi connectivity index (χ1) is 18.7. The summed E-state index contributed by atoms with van der Waals surface area (Å²) in [7, 11) is 3.40. The molecule has 0 aliphatic carbocycles. The molecule has 39 heavy (non-hydrogen) atoms. The van der Waals surface area contributed by atoms with Gasteiger partial charge in [-0.3, -0.25) is 14.5 Å². The minimum Gasteiger partial charge on any atom is -0.491 e. The fourth-order valence-corrected chi connectivity index (χ4v) is 4.58. The van der Waals surface area contributed by atoms with Gasteiger partial charge in [-0.05, 0) is 19.4 Å². The van der Waals surface area contributed by atoms with E-state index in [1.54, 1.807) is 31.6 Å². The van der Waals surface area contributed by atoms with Crippen LogP contribution in [-0.2, 0) is 28.5 Å². The fraction of sp³-hybridized carbons (Fsp3) is 0.407. The maximum atomic E-state index is 11.5. The molecule has 1 aliphatic heterocycles. The lowest BCUT2D eigenvalue weighted by Crippen LogP contribution is -2.22. The number of fused-ring (bicyclic) bond motifs is 1. The second-order valence-corrected chi connectivity index (χ2v) is 9.96. The van der Waals surface area contributed by atoms with Crippen LogP contribution in [0.4, 0.5) is 11.8 Å². The molecule has 1 saturated heterocycles. The Labute approximate surface area is 225 Å². The summed E-state index contributed by atoms with van der Waals surface area (Å²) in [4.78, 5) is 28.7. The smallest absolute Gasteiger partial charge is 0.268 e. The van der Waals surface area contributed by atoms with Gasteiger partial charge in [-0.25, -0.2) is 11.6 Å². The normalized spacial score (nSPS) is 15.3. The van der Waals surface area contributed by atoms with Crippen LogP contribution in [-0.4, -0.2) is 55.4 Å². The summed E-state index contributed by atoms with van der Waals surface area (Å²) in [6, 6.07) is 5.38. The average Bonchev–Trinajstić information content (AvgIpc) is 3.64. The van der Waals surface area contributed by atoms with Gasteiger partial charge in [0.15, 0.2) is 23.0 Å². The van der Waals surface area contributed by atoms with E-state index in [-0.39, 0.29) is 18.2 Å². The van der Waals surface area contributed by atoms with Crippen molar-refractivity contribution in [2.45, 2.75) is 45.2 Å². The third kappa shape index (κ3) is 5.13. The van der Waals surface area contributed by atoms with Gasteiger partial charge in [0, 0.05) is 52.3 Å². The summed E-state index contributed by atoms with van der Waals surface area (Å²) in [5, 5.41) is 8.07. The minimum atomic E-state index is -0.754. The molecule has 5 heterocycles. The van der Waals surface area contributed by atoms with E-state index in [0.717, 1.165) is 12.1 Å². The van der Waals surface area contributed by atoms with Crippen LogP contribution < -0.4 is 14.8 Å². The van der Waals surface area contributed by atoms with Crippen LogP contribution in [0.2, 0.25) is 0 Å². The van der Waals surface area contributed by atoms with Crippen molar-refractivity contribution in [3.63, 3.8) is 0 Å². The number of ether oxygens (including phenoxy) is 3. The van der Waals surface area contributed by atoms with E-state index in [2.05, 4.69) is 25.1 Å². The van der Waals surface area contributed by atoms with Crippen molar-refractivity contribution in [1.82, 2.24) is 29.3 Å². The molecule has 0 radical (unpaired) electrons. The molecular weight excluding hydrogens is 500 g/mol. The topological polar surface area (TPSA) is 123 Å². The number of aryl methyl sites for hydroxylation is 1. The molecule has 0 saturated carbocycles. The molecule has 4 aromatic rings. The summed E-state index contributed by atoms with van der Waals surface area (Å²) in [5.74, 6) is 2.44. The number of carbonyl (C=O) groups is 1. The summed E-state index contributed by atoms with van der Waals surface area (Å²) in [5.41, 5.74) is 1.75. The molecule has 0 amide bonds. The maximum absolute atomic E-state index is 11.5. The highest BCUT2D eigenvalue weighted by Crippen LogP contribution is 2.38. The lowest BCUT2D eigenvalue weighted by atomic mass is 10.0. The molecule has 1 atom stereocenters. The van der Waals surface area contributed by atoms with Crippen molar-refractivity contribution >= 4 is 28.7 Å². The predicted molar refractivity (Wildman–Crippen MR) is 143 cm³/mol. The number of Topliss-reactive ketones (excluding diaryl/α,β-unsaturated/α-hetero) is 1. The molecule has 12 nitrogen and oxygen atoms in total. The Morgan fingerprint density at radius 2 is 2.15 bits per heavy atom. The number of carbonyl (C=O) groups excluding carboxylic acids is 1. The number of nitrogens with one attached hydrogen (secondary N) is 1. The number of methoxy groups -OCH3 is 1. The van der Waals surface area contributed by atoms with Gasteiger partial charge in [0.25, 0.3) is 5.54 Å². The Morgan fingerprint density at radius 3 is 2.85 bits per heavy atom. The van der Waals surface area contributed by atoms with Crippen molar-refractivity contribution in [1.29, 1.82) is 0 Å². The molecule has 4 aromatic heterocycles. The first kappa shape index (κ1) is 26.1. The van der Waals surface area contributed by atoms with Gasteiger partial charge in [-0.1, -0.05) is 0 Å². The first-order valence-electron chi connectivity index (χ1n) is 12.5. The third-order valence-electron chi connectivity index (χ3n) is 6.60. The van der Waals surface area contributed by atoms with E-state index in [1.807, 2.05) is 36.2 Å². The zero-order chi connectivity index (χ0) is 27.7. The SMILES string of the molecule is [C-]#[N+]C(C)(C)c1cc(Nc2nc3ncc(Oc4ccnc(CC(C)=O)c4)c(OC)c3n2C)nn1[C@H]1CCOC1. The number of pyridine rings is 2. The number of imidazole rings is 1. The van der Waals surface area contributed by atoms with E-state index in [1.165, 1.54) is 6.92 Å². The average molecular weight is 531 g/mol. The van der Waals surface area contributed by atoms with Crippen LogP contribution in [0.3, 0.4) is 0 Å². The zero-order valence-corrected chi connectivity index (χ0v) is 22.6. The number of nitrogens with zero attached hydrogens (tertiary/aromatic N) is 7. The summed E-state index contributed by atoms with van der Waals surface area (Å²) >= 11 is 0. The molecule has 202 valence electrons. The lowest BCUT2D eigenvalue weighted by molar-refractivity contribution is -0.116. The van der Waals surface area contributed by atoms with E-state index >= 15 is 0 Å². The van der Waals surface area contributed by atoms with Crippen LogP contribution in [0.1, 0.15) is 44.6 Å². The van der Waals surface area contributed by atoms with Gasteiger partial charge in [0.1, 0.15) is 22.7 Å². The van der Waals surface area contributed by atoms with E-state index in [9.17, 15) is 4.79 Å². The third-order valence-corrected chi connectivity index (χ3v) is 6.60. The summed E-state index contributed by atoms with van der Waals surface area (Å²) in [6.07, 6.45) is 4.21. The van der Waals surface area contributed by atoms with Crippen LogP contribution in [0.25, 0.3) is 16.0 Å². The van der Waals surface area contributed by atoms with Crippen LogP contribution in [0.15, 0.2) is 30.6 Å². The second kappa shape index (κ2) is 10.3. The van der Waals surface area contributed by atoms with Crippen molar-refractivity contribution in [2.24, 2.45) is 7.05 Å². The van der Waals surface area contributed by atoms with Crippen molar-refractivity contribution in [2.75, 3.05) is 25.6 Å². The van der Waals surface area contributed by atoms with Gasteiger partial charge < -0.3 is 28.9 Å². The number of hydrogen-bond acceptors (Lipinski definition) is 9. The Bertz CT molecular complexity index is 1580. The second-order valence-electron chi connectivity index (χ2n) is 9.96. The quantitative estimate of drug-likeness (QED) is 0.315. The van der Waals surface area contributed by atoms with Gasteiger partial charge in [-0.2, -0.15) is 10.1 Å². The summed E-state index contributed by atoms with van der Waals surface area (Å²) < 4.78 is 21.1. The number of anilines is 2. The molecule has 0 spiro atoms. The Balaban J connectivity index is 1.48. The number of aromatic nitrogens is 6. The van der Waals surface area contributed by atoms with Crippen LogP contribution in [0, 0.1) is 6.57 Å². The molecule has 1 aliphatic rings. The van der Waals surface area contributed by atoms with E-state index in [4.69, 9.17) is 25.9 Å². The lowest BCUT2D eigenvalue weighted by Gasteiger charge is -2.17. The molecule has 1 N–H and O–H groups in total. The predicted octanol–water partition coefficient (Wildman–Crippen LogP) is 4.35. The highest BCUT2D eigenvalue weighted by molar-refractivity contribution is 5.84. The molecule has 0 aromatic carbocycles. The van der Waals surface area contributed by atoms with E-state index < -0.39 is 5.54 Å². The van der Waals surface area contributed by atoms with Gasteiger partial charge in [0.05, 0.1) is 31.6 Å². The zero-order valence-electron chi connectivity index (χ0n) is 22.6. The molecule has 12 heteroatoms. The largest absolute Gasteiger partial charge is 0.491 e. The van der Waals surface area contributed by atoms with Crippen molar-refractivity contribution in [3.05, 3.63) is 53.4 Å². The molecule has 0 unspecified atom stereocenters. The first-order valence-corrected chi connectivity index (χ1v) is 12.5. The standard InChI is InChI=1S/C27H30N8O4/c1-16(36)11-17-12-19(7-9-29-17)39-20-14-30-25-23(24(20)37-6)34(5)26(32-25)31-22-13-21(27(2,3)28-4)35(33-22)18-8-10-38-15-18/h7,9,12-14,18H,8,10-11,15H2,1-3,5-6H3,(H,30,31,32,33)/t18-/m0/s1. The molecular formula is C27H30N8O4. The molecule has 5 rings (SSSR count). The minimum absolute atomic E-state index is 0.0152. The van der Waals surface area contributed by atoms with E-state index in [0.29, 0.717) is 59.1 Å². The Kier molecular flexibility index (Phi) is 6.93. The van der Waals surface area contributed by atoms with Crippen LogP contribution >= 0.6 is 0 Å². The van der Waals surface area contributed by atoms with Crippen molar-refractivity contribution in [3.8, 4) is 17.2 Å². The molecule has 1 fully saturated rings. The Morgan fingerprint density at radius 1 is 1.33 bits per heavy atom. The molecule has 0 bridgehead atoms. The monoisotopic (exact) mass is 530 g/mol. The maximum Gasteiger partial charge on any atom is 0.268 e. The van der Waals surface area contributed by atoms with Crippen molar-refractivity contribution < 1.29 is 19.0 Å². The van der Waals surface area contributed by atoms with Crippen LogP contribution in [0.5, 0.6) is 17.2 Å². The number of hydrogen-bond donors (Lipinski definition) is 1. The van der Waals surface area contributed by atoms with Gasteiger partial charge in [-0.15, -0.1) is 0 Å².